The number of aryl methyl sites for hydroxylation is 2. The zero-order valence-electron chi connectivity index (χ0n) is 19.0. The minimum Gasteiger partial charge on any atom is -0.379 e. The molecule has 2 fully saturated rings. The van der Waals surface area contributed by atoms with E-state index in [-0.39, 0.29) is 24.0 Å². The second kappa shape index (κ2) is 13.2. The van der Waals surface area contributed by atoms with Crippen molar-refractivity contribution in [3.05, 3.63) is 15.6 Å². The van der Waals surface area contributed by atoms with Gasteiger partial charge in [-0.2, -0.15) is 0 Å². The van der Waals surface area contributed by atoms with Gasteiger partial charge in [0.2, 0.25) is 0 Å². The van der Waals surface area contributed by atoms with E-state index >= 15 is 0 Å². The molecule has 0 amide bonds. The molecule has 1 aliphatic heterocycles. The number of aromatic nitrogens is 1. The van der Waals surface area contributed by atoms with Crippen molar-refractivity contribution >= 4 is 41.3 Å². The Balaban J connectivity index is 0.00000320. The number of hydrogen-bond acceptors (Lipinski definition) is 5. The van der Waals surface area contributed by atoms with Crippen LogP contribution in [-0.2, 0) is 11.2 Å². The first-order valence-corrected chi connectivity index (χ1v) is 12.2. The van der Waals surface area contributed by atoms with Crippen LogP contribution in [0.25, 0.3) is 0 Å². The zero-order valence-corrected chi connectivity index (χ0v) is 22.1. The van der Waals surface area contributed by atoms with Gasteiger partial charge < -0.3 is 15.4 Å². The van der Waals surface area contributed by atoms with Crippen LogP contribution in [0.5, 0.6) is 0 Å². The molecule has 172 valence electrons. The number of aliphatic imine (C=N–C) groups is 1. The number of rotatable bonds is 8. The topological polar surface area (TPSA) is 61.8 Å². The molecule has 1 aromatic heterocycles. The van der Waals surface area contributed by atoms with Crippen molar-refractivity contribution in [1.82, 2.24) is 20.5 Å². The van der Waals surface area contributed by atoms with Gasteiger partial charge >= 0.3 is 0 Å². The van der Waals surface area contributed by atoms with Gasteiger partial charge in [-0.15, -0.1) is 35.3 Å². The molecule has 1 aliphatic carbocycles. The number of guanidine groups is 1. The van der Waals surface area contributed by atoms with E-state index in [0.717, 1.165) is 63.3 Å². The molecule has 8 heteroatoms. The second-order valence-electron chi connectivity index (χ2n) is 8.56. The summed E-state index contributed by atoms with van der Waals surface area (Å²) >= 11 is 1.81. The quantitative estimate of drug-likeness (QED) is 0.294. The van der Waals surface area contributed by atoms with Crippen molar-refractivity contribution in [1.29, 1.82) is 0 Å². The highest BCUT2D eigenvalue weighted by Gasteiger charge is 2.34. The molecule has 6 nitrogen and oxygen atoms in total. The molecule has 2 heterocycles. The van der Waals surface area contributed by atoms with E-state index in [0.29, 0.717) is 5.41 Å². The fraction of sp³-hybridized carbons (Fsp3) is 0.818. The Morgan fingerprint density at radius 3 is 2.53 bits per heavy atom. The Morgan fingerprint density at radius 1 is 1.17 bits per heavy atom. The number of ether oxygens (including phenoxy) is 1. The summed E-state index contributed by atoms with van der Waals surface area (Å²) in [6, 6.07) is 0. The van der Waals surface area contributed by atoms with Gasteiger partial charge in [0.1, 0.15) is 0 Å². The second-order valence-corrected chi connectivity index (χ2v) is 9.85. The average molecular weight is 550 g/mol. The van der Waals surface area contributed by atoms with E-state index in [9.17, 15) is 0 Å². The summed E-state index contributed by atoms with van der Waals surface area (Å²) < 4.78 is 5.55. The van der Waals surface area contributed by atoms with Crippen molar-refractivity contribution in [3.63, 3.8) is 0 Å². The monoisotopic (exact) mass is 549 g/mol. The summed E-state index contributed by atoms with van der Waals surface area (Å²) in [6.07, 6.45) is 7.65. The minimum atomic E-state index is 0. The first-order valence-electron chi connectivity index (χ1n) is 11.4. The fourth-order valence-electron chi connectivity index (χ4n) is 4.59. The number of nitrogens with zero attached hydrogens (tertiary/aromatic N) is 3. The molecule has 30 heavy (non-hydrogen) atoms. The molecule has 1 aromatic rings. The lowest BCUT2D eigenvalue weighted by atomic mass is 9.73. The molecule has 3 rings (SSSR count). The van der Waals surface area contributed by atoms with E-state index in [2.05, 4.69) is 41.3 Å². The summed E-state index contributed by atoms with van der Waals surface area (Å²) in [7, 11) is 0. The molecule has 0 radical (unpaired) electrons. The van der Waals surface area contributed by atoms with E-state index in [1.807, 2.05) is 11.3 Å². The van der Waals surface area contributed by atoms with E-state index < -0.39 is 0 Å². The summed E-state index contributed by atoms with van der Waals surface area (Å²) in [5, 5.41) is 8.15. The van der Waals surface area contributed by atoms with Crippen LogP contribution in [0.3, 0.4) is 0 Å². The number of thiazole rings is 1. The highest BCUT2D eigenvalue weighted by molar-refractivity contribution is 14.0. The van der Waals surface area contributed by atoms with Crippen molar-refractivity contribution < 1.29 is 4.74 Å². The van der Waals surface area contributed by atoms with Gasteiger partial charge in [-0.25, -0.2) is 4.98 Å². The molecule has 0 bridgehead atoms. The Kier molecular flexibility index (Phi) is 11.3. The smallest absolute Gasteiger partial charge is 0.191 e. The largest absolute Gasteiger partial charge is 0.379 e. The van der Waals surface area contributed by atoms with Gasteiger partial charge in [0.05, 0.1) is 23.9 Å². The Morgan fingerprint density at radius 2 is 1.90 bits per heavy atom. The highest BCUT2D eigenvalue weighted by Crippen LogP contribution is 2.37. The third-order valence-electron chi connectivity index (χ3n) is 6.14. The molecule has 0 aromatic carbocycles. The Hall–Kier alpha value is -0.450. The highest BCUT2D eigenvalue weighted by atomic mass is 127. The fourth-order valence-corrected chi connectivity index (χ4v) is 5.53. The first kappa shape index (κ1) is 25.8. The van der Waals surface area contributed by atoms with Crippen LogP contribution < -0.4 is 10.6 Å². The molecular weight excluding hydrogens is 509 g/mol. The third-order valence-corrected chi connectivity index (χ3v) is 7.27. The summed E-state index contributed by atoms with van der Waals surface area (Å²) in [5.74, 6) is 0.957. The zero-order chi connectivity index (χ0) is 20.5. The lowest BCUT2D eigenvalue weighted by Gasteiger charge is -2.41. The molecule has 2 N–H and O–H groups in total. The van der Waals surface area contributed by atoms with Gasteiger partial charge in [-0.3, -0.25) is 9.89 Å². The molecule has 0 unspecified atom stereocenters. The maximum absolute atomic E-state index is 5.55. The summed E-state index contributed by atoms with van der Waals surface area (Å²) in [4.78, 5) is 13.6. The van der Waals surface area contributed by atoms with Gasteiger partial charge in [-0.1, -0.05) is 19.3 Å². The third kappa shape index (κ3) is 7.91. The number of morpholine rings is 1. The van der Waals surface area contributed by atoms with Gasteiger partial charge in [-0.05, 0) is 33.6 Å². The lowest BCUT2D eigenvalue weighted by molar-refractivity contribution is 0.00937. The summed E-state index contributed by atoms with van der Waals surface area (Å²) in [6.45, 7) is 14.1. The van der Waals surface area contributed by atoms with Gasteiger partial charge in [0.25, 0.3) is 0 Å². The van der Waals surface area contributed by atoms with E-state index in [1.165, 1.54) is 49.2 Å². The SMILES string of the molecule is CCNC(=NCC1(CN2CCOCC2)CCCCC1)NCCc1sc(C)nc1C.I. The number of nitrogens with one attached hydrogen (secondary N) is 2. The van der Waals surface area contributed by atoms with Crippen LogP contribution in [-0.4, -0.2) is 68.3 Å². The Bertz CT molecular complexity index is 654. The number of halogens is 1. The maximum Gasteiger partial charge on any atom is 0.191 e. The van der Waals surface area contributed by atoms with Crippen LogP contribution >= 0.6 is 35.3 Å². The molecular formula is C22H40IN5OS. The summed E-state index contributed by atoms with van der Waals surface area (Å²) in [5.41, 5.74) is 1.49. The molecule has 1 saturated heterocycles. The predicted molar refractivity (Wildman–Crippen MR) is 137 cm³/mol. The van der Waals surface area contributed by atoms with E-state index in [1.54, 1.807) is 0 Å². The van der Waals surface area contributed by atoms with Gasteiger partial charge in [0.15, 0.2) is 5.96 Å². The molecule has 0 atom stereocenters. The van der Waals surface area contributed by atoms with Crippen LogP contribution in [0.4, 0.5) is 0 Å². The maximum atomic E-state index is 5.55. The molecule has 2 aliphatic rings. The van der Waals surface area contributed by atoms with Crippen molar-refractivity contribution in [2.45, 2.75) is 59.3 Å². The first-order chi connectivity index (χ1) is 14.1. The predicted octanol–water partition coefficient (Wildman–Crippen LogP) is 3.76. The van der Waals surface area contributed by atoms with Crippen molar-refractivity contribution in [2.24, 2.45) is 10.4 Å². The minimum absolute atomic E-state index is 0. The van der Waals surface area contributed by atoms with Crippen molar-refractivity contribution in [3.8, 4) is 0 Å². The van der Waals surface area contributed by atoms with E-state index in [4.69, 9.17) is 9.73 Å². The number of hydrogen-bond donors (Lipinski definition) is 2. The average Bonchev–Trinajstić information content (AvgIpc) is 3.05. The van der Waals surface area contributed by atoms with Crippen LogP contribution in [0.1, 0.15) is 54.6 Å². The van der Waals surface area contributed by atoms with Gasteiger partial charge in [0, 0.05) is 56.0 Å². The normalized spacial score (nSPS) is 19.9. The Labute approximate surface area is 203 Å². The van der Waals surface area contributed by atoms with Crippen molar-refractivity contribution in [2.75, 3.05) is 52.5 Å². The van der Waals surface area contributed by atoms with Crippen LogP contribution in [0.15, 0.2) is 4.99 Å². The standard InChI is InChI=1S/C22H39N5OS.HI/c1-4-23-21(24-11-8-20-18(2)26-19(3)29-20)25-16-22(9-6-5-7-10-22)17-27-12-14-28-15-13-27;/h4-17H2,1-3H3,(H2,23,24,25);1H. The molecule has 0 spiro atoms. The lowest BCUT2D eigenvalue weighted by Crippen LogP contribution is -2.46. The molecule has 1 saturated carbocycles. The van der Waals surface area contributed by atoms with Crippen LogP contribution in [0.2, 0.25) is 0 Å². The van der Waals surface area contributed by atoms with Crippen LogP contribution in [0, 0.1) is 19.3 Å².